The minimum atomic E-state index is -4.45. The van der Waals surface area contributed by atoms with E-state index in [-0.39, 0.29) is 16.1 Å². The number of anilines is 1. The van der Waals surface area contributed by atoms with Crippen LogP contribution in [0.2, 0.25) is 0 Å². The Morgan fingerprint density at radius 2 is 1.42 bits per heavy atom. The Labute approximate surface area is 189 Å². The number of carbonyl (C=O) groups excluding carboxylic acids is 1. The molecule has 0 atom stereocenters. The highest BCUT2D eigenvalue weighted by molar-refractivity contribution is 7.93. The van der Waals surface area contributed by atoms with Gasteiger partial charge in [0, 0.05) is 12.1 Å². The lowest BCUT2D eigenvalue weighted by molar-refractivity contribution is -0.395. The zero-order valence-corrected chi connectivity index (χ0v) is 18.5. The first-order valence-corrected chi connectivity index (χ1v) is 11.2. The second-order valence-electron chi connectivity index (χ2n) is 7.06. The van der Waals surface area contributed by atoms with Crippen LogP contribution in [0.25, 0.3) is 0 Å². The van der Waals surface area contributed by atoms with Crippen LogP contribution in [-0.2, 0) is 16.4 Å². The SMILES string of the molecule is CCc1ccc(N(C(=O)c2cc([N+](=O)[O-])c(C)c([N+](=O)[O-])c2)S(=O)(=O)c2ccccc2)cc1. The van der Waals surface area contributed by atoms with E-state index in [0.717, 1.165) is 17.7 Å². The molecule has 0 aliphatic heterocycles. The molecule has 0 aliphatic carbocycles. The molecule has 3 aromatic carbocycles. The van der Waals surface area contributed by atoms with Crippen LogP contribution in [0.4, 0.5) is 17.1 Å². The van der Waals surface area contributed by atoms with Crippen molar-refractivity contribution in [2.45, 2.75) is 25.2 Å². The topological polar surface area (TPSA) is 141 Å². The molecule has 0 radical (unpaired) electrons. The summed E-state index contributed by atoms with van der Waals surface area (Å²) >= 11 is 0. The Balaban J connectivity index is 2.26. The van der Waals surface area contributed by atoms with Gasteiger partial charge in [0.1, 0.15) is 5.56 Å². The predicted molar refractivity (Wildman–Crippen MR) is 121 cm³/mol. The van der Waals surface area contributed by atoms with Gasteiger partial charge in [-0.1, -0.05) is 37.3 Å². The third kappa shape index (κ3) is 4.58. The second kappa shape index (κ2) is 9.17. The molecule has 0 N–H and O–H groups in total. The summed E-state index contributed by atoms with van der Waals surface area (Å²) in [6.07, 6.45) is 0.677. The number of nitrogens with zero attached hydrogens (tertiary/aromatic N) is 3. The van der Waals surface area contributed by atoms with Crippen LogP contribution >= 0.6 is 0 Å². The van der Waals surface area contributed by atoms with Crippen molar-refractivity contribution in [2.75, 3.05) is 4.31 Å². The summed E-state index contributed by atoms with van der Waals surface area (Å²) in [5.74, 6) is -1.16. The van der Waals surface area contributed by atoms with Gasteiger partial charge in [0.2, 0.25) is 0 Å². The number of hydrogen-bond acceptors (Lipinski definition) is 7. The van der Waals surface area contributed by atoms with Gasteiger partial charge in [0.05, 0.1) is 26.0 Å². The largest absolute Gasteiger partial charge is 0.279 e. The molecule has 0 aliphatic rings. The van der Waals surface area contributed by atoms with Crippen molar-refractivity contribution in [2.24, 2.45) is 0 Å². The Kier molecular flexibility index (Phi) is 6.54. The van der Waals surface area contributed by atoms with Gasteiger partial charge in [-0.05, 0) is 43.2 Å². The van der Waals surface area contributed by atoms with Crippen LogP contribution in [0.3, 0.4) is 0 Å². The Morgan fingerprint density at radius 3 is 1.88 bits per heavy atom. The van der Waals surface area contributed by atoms with Crippen molar-refractivity contribution in [3.05, 3.63) is 104 Å². The summed E-state index contributed by atoms with van der Waals surface area (Å²) in [7, 11) is -4.45. The van der Waals surface area contributed by atoms with Gasteiger partial charge in [-0.3, -0.25) is 25.0 Å². The third-order valence-corrected chi connectivity index (χ3v) is 6.76. The molecule has 0 saturated heterocycles. The summed E-state index contributed by atoms with van der Waals surface area (Å²) in [5, 5.41) is 22.9. The molecule has 3 aromatic rings. The zero-order chi connectivity index (χ0) is 24.3. The zero-order valence-electron chi connectivity index (χ0n) is 17.7. The van der Waals surface area contributed by atoms with E-state index >= 15 is 0 Å². The molecule has 0 heterocycles. The summed E-state index contributed by atoms with van der Waals surface area (Å²) in [6, 6.07) is 15.0. The molecule has 33 heavy (non-hydrogen) atoms. The maximum Gasteiger partial charge on any atom is 0.279 e. The van der Waals surface area contributed by atoms with Crippen molar-refractivity contribution < 1.29 is 23.1 Å². The molecule has 0 aromatic heterocycles. The van der Waals surface area contributed by atoms with E-state index in [1.165, 1.54) is 43.3 Å². The van der Waals surface area contributed by atoms with E-state index in [9.17, 15) is 33.4 Å². The molecule has 0 fully saturated rings. The van der Waals surface area contributed by atoms with E-state index in [1.54, 1.807) is 18.2 Å². The van der Waals surface area contributed by atoms with E-state index in [2.05, 4.69) is 0 Å². The molecule has 0 unspecified atom stereocenters. The average Bonchev–Trinajstić information content (AvgIpc) is 2.79. The van der Waals surface area contributed by atoms with Crippen molar-refractivity contribution in [3.8, 4) is 0 Å². The molecular formula is C22H19N3O7S. The molecule has 0 bridgehead atoms. The number of carbonyl (C=O) groups is 1. The number of hydrogen-bond donors (Lipinski definition) is 0. The third-order valence-electron chi connectivity index (χ3n) is 5.04. The van der Waals surface area contributed by atoms with Gasteiger partial charge in [-0.2, -0.15) is 4.31 Å². The van der Waals surface area contributed by atoms with Crippen LogP contribution in [0.1, 0.15) is 28.4 Å². The smallest absolute Gasteiger partial charge is 0.268 e. The number of rotatable bonds is 7. The first-order chi connectivity index (χ1) is 15.6. The Bertz CT molecular complexity index is 1300. The predicted octanol–water partition coefficient (Wildman–Crippen LogP) is 4.41. The number of sulfonamides is 1. The molecule has 11 heteroatoms. The fourth-order valence-corrected chi connectivity index (χ4v) is 4.67. The van der Waals surface area contributed by atoms with Gasteiger partial charge < -0.3 is 0 Å². The molecule has 0 spiro atoms. The van der Waals surface area contributed by atoms with Crippen molar-refractivity contribution >= 4 is 33.0 Å². The first-order valence-electron chi connectivity index (χ1n) is 9.75. The van der Waals surface area contributed by atoms with Gasteiger partial charge in [-0.25, -0.2) is 8.42 Å². The van der Waals surface area contributed by atoms with Gasteiger partial charge >= 0.3 is 0 Å². The Morgan fingerprint density at radius 1 is 0.909 bits per heavy atom. The van der Waals surface area contributed by atoms with E-state index in [0.29, 0.717) is 10.7 Å². The van der Waals surface area contributed by atoms with Gasteiger partial charge in [0.25, 0.3) is 27.3 Å². The van der Waals surface area contributed by atoms with Crippen molar-refractivity contribution in [1.29, 1.82) is 0 Å². The van der Waals surface area contributed by atoms with E-state index in [4.69, 9.17) is 0 Å². The summed E-state index contributed by atoms with van der Waals surface area (Å²) < 4.78 is 27.4. The maximum atomic E-state index is 13.5. The Hall–Kier alpha value is -4.12. The number of amides is 1. The van der Waals surface area contributed by atoms with Crippen LogP contribution in [0.15, 0.2) is 71.6 Å². The minimum Gasteiger partial charge on any atom is -0.268 e. The van der Waals surface area contributed by atoms with Crippen LogP contribution in [-0.4, -0.2) is 24.2 Å². The number of aryl methyl sites for hydroxylation is 1. The number of benzene rings is 3. The monoisotopic (exact) mass is 469 g/mol. The van der Waals surface area contributed by atoms with Crippen LogP contribution < -0.4 is 4.31 Å². The molecule has 170 valence electrons. The lowest BCUT2D eigenvalue weighted by atomic mass is 10.1. The summed E-state index contributed by atoms with van der Waals surface area (Å²) in [6.45, 7) is 3.09. The number of nitro benzene ring substituents is 2. The quantitative estimate of drug-likeness (QED) is 0.368. The molecule has 0 saturated carbocycles. The highest BCUT2D eigenvalue weighted by Gasteiger charge is 2.34. The molecule has 1 amide bonds. The van der Waals surface area contributed by atoms with E-state index < -0.39 is 42.7 Å². The second-order valence-corrected chi connectivity index (χ2v) is 8.85. The summed E-state index contributed by atoms with van der Waals surface area (Å²) in [5.41, 5.74) is -1.18. The standard InChI is InChI=1S/C22H19N3O7S/c1-3-16-9-11-18(12-10-16)23(33(31,32)19-7-5-4-6-8-19)22(26)17-13-20(24(27)28)15(2)21(14-17)25(29)30/h4-14H,3H2,1-2H3. The van der Waals surface area contributed by atoms with Crippen molar-refractivity contribution in [3.63, 3.8) is 0 Å². The summed E-state index contributed by atoms with van der Waals surface area (Å²) in [4.78, 5) is 34.5. The normalized spacial score (nSPS) is 11.1. The highest BCUT2D eigenvalue weighted by Crippen LogP contribution is 2.32. The molecule has 10 nitrogen and oxygen atoms in total. The van der Waals surface area contributed by atoms with E-state index in [1.807, 2.05) is 6.92 Å². The maximum absolute atomic E-state index is 13.5. The van der Waals surface area contributed by atoms with Crippen LogP contribution in [0, 0.1) is 27.2 Å². The lowest BCUT2D eigenvalue weighted by Gasteiger charge is -2.23. The average molecular weight is 469 g/mol. The van der Waals surface area contributed by atoms with Gasteiger partial charge in [0.15, 0.2) is 0 Å². The highest BCUT2D eigenvalue weighted by atomic mass is 32.2. The lowest BCUT2D eigenvalue weighted by Crippen LogP contribution is -2.37. The van der Waals surface area contributed by atoms with Gasteiger partial charge in [-0.15, -0.1) is 0 Å². The van der Waals surface area contributed by atoms with Crippen LogP contribution in [0.5, 0.6) is 0 Å². The first kappa shape index (κ1) is 23.5. The fourth-order valence-electron chi connectivity index (χ4n) is 3.23. The fraction of sp³-hybridized carbons (Fsp3) is 0.136. The van der Waals surface area contributed by atoms with Crippen molar-refractivity contribution in [1.82, 2.24) is 0 Å². The number of nitro groups is 2. The molecular weight excluding hydrogens is 450 g/mol. The molecule has 3 rings (SSSR count). The minimum absolute atomic E-state index is 0.00747.